The standard InChI is InChI=1S/C17H15NOS/c18-16-11-13-5-2-1-4-12(13)10-15(16)17(19)8-7-14-6-3-9-20-14/h1-6,9-11H,7-8,18H2. The molecule has 0 saturated carbocycles. The summed E-state index contributed by atoms with van der Waals surface area (Å²) in [6, 6.07) is 15.8. The minimum absolute atomic E-state index is 0.113. The zero-order valence-electron chi connectivity index (χ0n) is 11.0. The summed E-state index contributed by atoms with van der Waals surface area (Å²) >= 11 is 1.68. The molecule has 0 amide bonds. The Bertz CT molecular complexity index is 747. The first-order valence-electron chi connectivity index (χ1n) is 6.58. The van der Waals surface area contributed by atoms with Gasteiger partial charge in [-0.25, -0.2) is 0 Å². The lowest BCUT2D eigenvalue weighted by molar-refractivity contribution is 0.0984. The van der Waals surface area contributed by atoms with E-state index in [4.69, 9.17) is 5.73 Å². The number of nitrogen functional groups attached to an aromatic ring is 1. The molecular weight excluding hydrogens is 266 g/mol. The SMILES string of the molecule is Nc1cc2ccccc2cc1C(=O)CCc1cccs1. The highest BCUT2D eigenvalue weighted by Crippen LogP contribution is 2.23. The van der Waals surface area contributed by atoms with Gasteiger partial charge in [-0.3, -0.25) is 4.79 Å². The number of hydrogen-bond acceptors (Lipinski definition) is 3. The van der Waals surface area contributed by atoms with Crippen LogP contribution in [0.15, 0.2) is 53.9 Å². The smallest absolute Gasteiger partial charge is 0.165 e. The first-order valence-corrected chi connectivity index (χ1v) is 7.46. The molecule has 0 aliphatic carbocycles. The van der Waals surface area contributed by atoms with Crippen LogP contribution in [0.1, 0.15) is 21.7 Å². The molecule has 3 aromatic rings. The Morgan fingerprint density at radius 2 is 1.80 bits per heavy atom. The quantitative estimate of drug-likeness (QED) is 0.572. The Labute approximate surface area is 121 Å². The molecule has 100 valence electrons. The molecule has 2 nitrogen and oxygen atoms in total. The van der Waals surface area contributed by atoms with Crippen LogP contribution in [0.5, 0.6) is 0 Å². The van der Waals surface area contributed by atoms with Gasteiger partial charge in [0.15, 0.2) is 5.78 Å². The van der Waals surface area contributed by atoms with Crippen LogP contribution in [-0.4, -0.2) is 5.78 Å². The number of benzene rings is 2. The van der Waals surface area contributed by atoms with Crippen molar-refractivity contribution < 1.29 is 4.79 Å². The number of fused-ring (bicyclic) bond motifs is 1. The maximum Gasteiger partial charge on any atom is 0.165 e. The van der Waals surface area contributed by atoms with Crippen molar-refractivity contribution in [2.75, 3.05) is 5.73 Å². The Morgan fingerprint density at radius 3 is 2.50 bits per heavy atom. The summed E-state index contributed by atoms with van der Waals surface area (Å²) in [6.07, 6.45) is 1.28. The summed E-state index contributed by atoms with van der Waals surface area (Å²) < 4.78 is 0. The number of Topliss-reactive ketones (excluding diaryl/α,β-unsaturated/α-hetero) is 1. The highest BCUT2D eigenvalue weighted by atomic mass is 32.1. The van der Waals surface area contributed by atoms with Gasteiger partial charge in [0.2, 0.25) is 0 Å². The Kier molecular flexibility index (Phi) is 3.52. The first-order chi connectivity index (χ1) is 9.74. The number of nitrogens with two attached hydrogens (primary N) is 1. The average molecular weight is 281 g/mol. The van der Waals surface area contributed by atoms with Crippen molar-refractivity contribution in [2.45, 2.75) is 12.8 Å². The molecule has 3 rings (SSSR count). The maximum atomic E-state index is 12.3. The topological polar surface area (TPSA) is 43.1 Å². The van der Waals surface area contributed by atoms with Crippen molar-refractivity contribution >= 4 is 33.6 Å². The number of aryl methyl sites for hydroxylation is 1. The lowest BCUT2D eigenvalue weighted by Crippen LogP contribution is -2.05. The van der Waals surface area contributed by atoms with Crippen molar-refractivity contribution in [3.63, 3.8) is 0 Å². The van der Waals surface area contributed by atoms with Gasteiger partial charge in [0.1, 0.15) is 0 Å². The van der Waals surface area contributed by atoms with E-state index in [1.165, 1.54) is 4.88 Å². The summed E-state index contributed by atoms with van der Waals surface area (Å²) in [5, 5.41) is 4.16. The molecule has 0 aliphatic rings. The number of rotatable bonds is 4. The number of ketones is 1. The molecular formula is C17H15NOS. The summed E-state index contributed by atoms with van der Waals surface area (Å²) in [6.45, 7) is 0. The third kappa shape index (κ3) is 2.58. The van der Waals surface area contributed by atoms with E-state index in [1.807, 2.05) is 47.8 Å². The normalized spacial score (nSPS) is 10.8. The fraction of sp³-hybridized carbons (Fsp3) is 0.118. The van der Waals surface area contributed by atoms with Crippen molar-refractivity contribution in [3.8, 4) is 0 Å². The minimum Gasteiger partial charge on any atom is -0.398 e. The second kappa shape index (κ2) is 5.47. The largest absolute Gasteiger partial charge is 0.398 e. The minimum atomic E-state index is 0.113. The second-order valence-corrected chi connectivity index (χ2v) is 5.82. The summed E-state index contributed by atoms with van der Waals surface area (Å²) in [5.41, 5.74) is 7.23. The van der Waals surface area contributed by atoms with Crippen molar-refractivity contribution in [2.24, 2.45) is 0 Å². The molecule has 0 saturated heterocycles. The van der Waals surface area contributed by atoms with Gasteiger partial charge >= 0.3 is 0 Å². The highest BCUT2D eigenvalue weighted by Gasteiger charge is 2.11. The van der Waals surface area contributed by atoms with Crippen LogP contribution < -0.4 is 5.73 Å². The monoisotopic (exact) mass is 281 g/mol. The molecule has 2 aromatic carbocycles. The highest BCUT2D eigenvalue weighted by molar-refractivity contribution is 7.09. The molecule has 0 unspecified atom stereocenters. The predicted octanol–water partition coefficient (Wildman–Crippen LogP) is 4.30. The molecule has 0 bridgehead atoms. The second-order valence-electron chi connectivity index (χ2n) is 4.79. The predicted molar refractivity (Wildman–Crippen MR) is 85.3 cm³/mol. The summed E-state index contributed by atoms with van der Waals surface area (Å²) in [5.74, 6) is 0.113. The average Bonchev–Trinajstić information content (AvgIpc) is 2.97. The van der Waals surface area contributed by atoms with Gasteiger partial charge in [-0.1, -0.05) is 30.3 Å². The Hall–Kier alpha value is -2.13. The lowest BCUT2D eigenvalue weighted by atomic mass is 10.00. The van der Waals surface area contributed by atoms with Crippen LogP contribution in [0.2, 0.25) is 0 Å². The van der Waals surface area contributed by atoms with Crippen LogP contribution in [-0.2, 0) is 6.42 Å². The van der Waals surface area contributed by atoms with Gasteiger partial charge in [-0.15, -0.1) is 11.3 Å². The van der Waals surface area contributed by atoms with E-state index in [2.05, 4.69) is 6.07 Å². The summed E-state index contributed by atoms with van der Waals surface area (Å²) in [4.78, 5) is 13.6. The van der Waals surface area contributed by atoms with Crippen LogP contribution in [0.25, 0.3) is 10.8 Å². The van der Waals surface area contributed by atoms with Gasteiger partial charge in [0.25, 0.3) is 0 Å². The van der Waals surface area contributed by atoms with Crippen molar-refractivity contribution in [3.05, 3.63) is 64.4 Å². The van der Waals surface area contributed by atoms with Gasteiger partial charge in [-0.05, 0) is 40.8 Å². The molecule has 0 fully saturated rings. The van der Waals surface area contributed by atoms with E-state index in [1.54, 1.807) is 11.3 Å². The molecule has 3 heteroatoms. The van der Waals surface area contributed by atoms with Crippen LogP contribution in [0.3, 0.4) is 0 Å². The molecule has 0 atom stereocenters. The fourth-order valence-corrected chi connectivity index (χ4v) is 3.03. The van der Waals surface area contributed by atoms with Crippen LogP contribution in [0, 0.1) is 0 Å². The first kappa shape index (κ1) is 12.9. The number of thiophene rings is 1. The third-order valence-electron chi connectivity index (χ3n) is 3.40. The van der Waals surface area contributed by atoms with E-state index < -0.39 is 0 Å². The maximum absolute atomic E-state index is 12.3. The zero-order chi connectivity index (χ0) is 13.9. The number of carbonyl (C=O) groups is 1. The summed E-state index contributed by atoms with van der Waals surface area (Å²) in [7, 11) is 0. The van der Waals surface area contributed by atoms with Crippen molar-refractivity contribution in [1.29, 1.82) is 0 Å². The van der Waals surface area contributed by atoms with Crippen LogP contribution >= 0.6 is 11.3 Å². The van der Waals surface area contributed by atoms with E-state index in [0.717, 1.165) is 17.2 Å². The number of carbonyl (C=O) groups excluding carboxylic acids is 1. The number of hydrogen-bond donors (Lipinski definition) is 1. The molecule has 2 N–H and O–H groups in total. The molecule has 0 radical (unpaired) electrons. The molecule has 0 aliphatic heterocycles. The van der Waals surface area contributed by atoms with E-state index >= 15 is 0 Å². The zero-order valence-corrected chi connectivity index (χ0v) is 11.8. The molecule has 1 heterocycles. The van der Waals surface area contributed by atoms with Gasteiger partial charge in [0.05, 0.1) is 0 Å². The van der Waals surface area contributed by atoms with E-state index in [0.29, 0.717) is 17.7 Å². The van der Waals surface area contributed by atoms with E-state index in [9.17, 15) is 4.79 Å². The lowest BCUT2D eigenvalue weighted by Gasteiger charge is -2.07. The Balaban J connectivity index is 1.85. The van der Waals surface area contributed by atoms with Crippen molar-refractivity contribution in [1.82, 2.24) is 0 Å². The molecule has 20 heavy (non-hydrogen) atoms. The fourth-order valence-electron chi connectivity index (χ4n) is 2.33. The van der Waals surface area contributed by atoms with Gasteiger partial charge in [-0.2, -0.15) is 0 Å². The van der Waals surface area contributed by atoms with Gasteiger partial charge < -0.3 is 5.73 Å². The molecule has 1 aromatic heterocycles. The third-order valence-corrected chi connectivity index (χ3v) is 4.33. The Morgan fingerprint density at radius 1 is 1.05 bits per heavy atom. The van der Waals surface area contributed by atoms with E-state index in [-0.39, 0.29) is 5.78 Å². The van der Waals surface area contributed by atoms with Crippen LogP contribution in [0.4, 0.5) is 5.69 Å². The molecule has 0 spiro atoms. The number of anilines is 1. The van der Waals surface area contributed by atoms with Gasteiger partial charge in [0, 0.05) is 22.5 Å².